The number of unbranched alkanes of at least 4 members (excludes halogenated alkanes) is 26. The third-order valence-electron chi connectivity index (χ3n) is 9.66. The highest BCUT2D eigenvalue weighted by atomic mass is 32.2. The number of rotatable bonds is 38. The standard InChI is InChI=1S/C42H81NO5S/c1-3-5-7-9-11-13-15-17-19-21-22-23-25-27-29-31-33-35-37-41(44)40(39-49(46,47)48)43-42(45)38-36-34-32-30-28-26-24-20-18-16-14-12-10-8-6-4-2/h14,16,20,24,40-41,44H,3-13,15,17-19,21-23,25-39H2,1-2H3,(H,43,45)(H,46,47,48)/b16-14-,24-20-. The number of amides is 1. The second-order valence-corrected chi connectivity index (χ2v) is 16.1. The largest absolute Gasteiger partial charge is 0.391 e. The van der Waals surface area contributed by atoms with E-state index in [4.69, 9.17) is 0 Å². The Kier molecular flexibility index (Phi) is 35.7. The van der Waals surface area contributed by atoms with Crippen LogP contribution in [-0.2, 0) is 14.9 Å². The molecule has 6 nitrogen and oxygen atoms in total. The van der Waals surface area contributed by atoms with Crippen molar-refractivity contribution in [3.8, 4) is 0 Å². The summed E-state index contributed by atoms with van der Waals surface area (Å²) in [4.78, 5) is 12.5. The SMILES string of the molecule is CCCCCC/C=C\C/C=C\CCCCCCCC(=O)NC(CS(=O)(=O)O)C(O)CCCCCCCCCCCCCCCCCCCC. The van der Waals surface area contributed by atoms with Crippen molar-refractivity contribution in [2.45, 2.75) is 231 Å². The minimum atomic E-state index is -4.31. The minimum Gasteiger partial charge on any atom is -0.391 e. The summed E-state index contributed by atoms with van der Waals surface area (Å²) < 4.78 is 32.5. The summed E-state index contributed by atoms with van der Waals surface area (Å²) in [6, 6.07) is -0.976. The van der Waals surface area contributed by atoms with Gasteiger partial charge in [-0.2, -0.15) is 8.42 Å². The monoisotopic (exact) mass is 712 g/mol. The van der Waals surface area contributed by atoms with Crippen LogP contribution in [0, 0.1) is 0 Å². The lowest BCUT2D eigenvalue weighted by atomic mass is 10.0. The molecule has 7 heteroatoms. The van der Waals surface area contributed by atoms with E-state index in [2.05, 4.69) is 43.5 Å². The van der Waals surface area contributed by atoms with Crippen LogP contribution in [-0.4, -0.2) is 41.9 Å². The number of aliphatic hydroxyl groups excluding tert-OH is 1. The highest BCUT2D eigenvalue weighted by Gasteiger charge is 2.26. The summed E-state index contributed by atoms with van der Waals surface area (Å²) in [5.41, 5.74) is 0. The Labute approximate surface area is 304 Å². The van der Waals surface area contributed by atoms with Gasteiger partial charge in [-0.15, -0.1) is 0 Å². The van der Waals surface area contributed by atoms with Gasteiger partial charge in [0, 0.05) is 6.42 Å². The molecule has 0 saturated carbocycles. The fraction of sp³-hybridized carbons (Fsp3) is 0.881. The predicted octanol–water partition coefficient (Wildman–Crippen LogP) is 12.4. The van der Waals surface area contributed by atoms with Gasteiger partial charge in [-0.3, -0.25) is 9.35 Å². The fourth-order valence-electron chi connectivity index (χ4n) is 6.48. The van der Waals surface area contributed by atoms with Gasteiger partial charge >= 0.3 is 0 Å². The summed E-state index contributed by atoms with van der Waals surface area (Å²) in [6.07, 6.45) is 45.5. The summed E-state index contributed by atoms with van der Waals surface area (Å²) in [6.45, 7) is 4.51. The number of nitrogens with one attached hydrogen (secondary N) is 1. The topological polar surface area (TPSA) is 104 Å². The van der Waals surface area contributed by atoms with Gasteiger partial charge in [-0.1, -0.05) is 192 Å². The quantitative estimate of drug-likeness (QED) is 0.0336. The lowest BCUT2D eigenvalue weighted by molar-refractivity contribution is -0.122. The highest BCUT2D eigenvalue weighted by molar-refractivity contribution is 7.85. The first-order valence-corrected chi connectivity index (χ1v) is 22.6. The molecule has 0 aliphatic carbocycles. The molecule has 0 bridgehead atoms. The minimum absolute atomic E-state index is 0.258. The Hall–Kier alpha value is -1.18. The zero-order chi connectivity index (χ0) is 36.1. The molecular weight excluding hydrogens is 631 g/mol. The van der Waals surface area contributed by atoms with Gasteiger partial charge in [0.1, 0.15) is 0 Å². The Morgan fingerprint density at radius 3 is 1.35 bits per heavy atom. The molecule has 1 amide bonds. The Balaban J connectivity index is 3.87. The normalized spacial score (nSPS) is 13.5. The van der Waals surface area contributed by atoms with E-state index in [1.165, 1.54) is 128 Å². The van der Waals surface area contributed by atoms with Crippen LogP contribution in [0.4, 0.5) is 0 Å². The summed E-state index contributed by atoms with van der Waals surface area (Å²) >= 11 is 0. The Bertz CT molecular complexity index is 872. The molecule has 0 aromatic rings. The first-order chi connectivity index (χ1) is 23.8. The van der Waals surface area contributed by atoms with E-state index in [1.54, 1.807) is 0 Å². The summed E-state index contributed by atoms with van der Waals surface area (Å²) in [5, 5.41) is 13.4. The lowest BCUT2D eigenvalue weighted by Crippen LogP contribution is -2.47. The van der Waals surface area contributed by atoms with Gasteiger partial charge in [-0.25, -0.2) is 0 Å². The van der Waals surface area contributed by atoms with Gasteiger partial charge in [0.15, 0.2) is 0 Å². The Morgan fingerprint density at radius 1 is 0.551 bits per heavy atom. The average molecular weight is 712 g/mol. The number of hydrogen-bond acceptors (Lipinski definition) is 4. The summed E-state index contributed by atoms with van der Waals surface area (Å²) in [7, 11) is -4.31. The molecule has 3 N–H and O–H groups in total. The van der Waals surface area contributed by atoms with Crippen molar-refractivity contribution in [3.05, 3.63) is 24.3 Å². The van der Waals surface area contributed by atoms with Crippen LogP contribution in [0.2, 0.25) is 0 Å². The van der Waals surface area contributed by atoms with Crippen LogP contribution in [0.3, 0.4) is 0 Å². The molecule has 0 saturated heterocycles. The van der Waals surface area contributed by atoms with Gasteiger partial charge in [0.2, 0.25) is 5.91 Å². The molecule has 0 radical (unpaired) electrons. The fourth-order valence-corrected chi connectivity index (χ4v) is 7.24. The number of allylic oxidation sites excluding steroid dienone is 4. The second kappa shape index (κ2) is 36.6. The highest BCUT2D eigenvalue weighted by Crippen LogP contribution is 2.16. The lowest BCUT2D eigenvalue weighted by Gasteiger charge is -2.23. The second-order valence-electron chi connectivity index (χ2n) is 14.6. The van der Waals surface area contributed by atoms with Gasteiger partial charge in [-0.05, 0) is 44.9 Å². The molecule has 290 valence electrons. The van der Waals surface area contributed by atoms with Gasteiger partial charge in [0.05, 0.1) is 17.9 Å². The predicted molar refractivity (Wildman–Crippen MR) is 212 cm³/mol. The van der Waals surface area contributed by atoms with Crippen LogP contribution < -0.4 is 5.32 Å². The van der Waals surface area contributed by atoms with E-state index < -0.39 is 28.0 Å². The maximum atomic E-state index is 12.5. The van der Waals surface area contributed by atoms with E-state index in [0.29, 0.717) is 12.8 Å². The molecule has 0 aliphatic heterocycles. The molecule has 49 heavy (non-hydrogen) atoms. The molecular formula is C42H81NO5S. The van der Waals surface area contributed by atoms with E-state index in [0.717, 1.165) is 64.2 Å². The van der Waals surface area contributed by atoms with Gasteiger partial charge < -0.3 is 10.4 Å². The number of carbonyl (C=O) groups excluding carboxylic acids is 1. The smallest absolute Gasteiger partial charge is 0.266 e. The van der Waals surface area contributed by atoms with Gasteiger partial charge in [0.25, 0.3) is 10.1 Å². The average Bonchev–Trinajstić information content (AvgIpc) is 3.06. The van der Waals surface area contributed by atoms with E-state index in [9.17, 15) is 22.9 Å². The zero-order valence-corrected chi connectivity index (χ0v) is 33.1. The molecule has 0 heterocycles. The molecule has 0 aromatic heterocycles. The number of hydrogen-bond donors (Lipinski definition) is 3. The maximum Gasteiger partial charge on any atom is 0.266 e. The van der Waals surface area contributed by atoms with Crippen molar-refractivity contribution in [2.24, 2.45) is 0 Å². The first-order valence-electron chi connectivity index (χ1n) is 21.0. The molecule has 2 unspecified atom stereocenters. The van der Waals surface area contributed by atoms with Crippen LogP contribution in [0.15, 0.2) is 24.3 Å². The van der Waals surface area contributed by atoms with Crippen LogP contribution >= 0.6 is 0 Å². The zero-order valence-electron chi connectivity index (χ0n) is 32.3. The molecule has 0 aromatic carbocycles. The molecule has 0 fully saturated rings. The van der Waals surface area contributed by atoms with Crippen molar-refractivity contribution in [1.29, 1.82) is 0 Å². The van der Waals surface area contributed by atoms with E-state index >= 15 is 0 Å². The summed E-state index contributed by atoms with van der Waals surface area (Å²) in [5.74, 6) is -0.909. The maximum absolute atomic E-state index is 12.5. The van der Waals surface area contributed by atoms with Crippen LogP contribution in [0.1, 0.15) is 219 Å². The van der Waals surface area contributed by atoms with Crippen molar-refractivity contribution >= 4 is 16.0 Å². The van der Waals surface area contributed by atoms with Crippen molar-refractivity contribution in [3.63, 3.8) is 0 Å². The molecule has 0 rings (SSSR count). The first kappa shape index (κ1) is 47.8. The van der Waals surface area contributed by atoms with E-state index in [-0.39, 0.29) is 5.91 Å². The molecule has 0 spiro atoms. The third-order valence-corrected chi connectivity index (χ3v) is 10.4. The molecule has 2 atom stereocenters. The Morgan fingerprint density at radius 2 is 0.918 bits per heavy atom. The van der Waals surface area contributed by atoms with Crippen LogP contribution in [0.25, 0.3) is 0 Å². The molecule has 0 aliphatic rings. The number of carbonyl (C=O) groups is 1. The van der Waals surface area contributed by atoms with Crippen molar-refractivity contribution in [2.75, 3.05) is 5.75 Å². The van der Waals surface area contributed by atoms with Crippen molar-refractivity contribution < 1.29 is 22.9 Å². The third kappa shape index (κ3) is 37.9. The number of aliphatic hydroxyl groups is 1. The van der Waals surface area contributed by atoms with Crippen molar-refractivity contribution in [1.82, 2.24) is 5.32 Å². The van der Waals surface area contributed by atoms with Crippen LogP contribution in [0.5, 0.6) is 0 Å². The van der Waals surface area contributed by atoms with E-state index in [1.807, 2.05) is 0 Å².